The van der Waals surface area contributed by atoms with Crippen molar-refractivity contribution >= 4 is 6.03 Å². The molecule has 1 aromatic rings. The van der Waals surface area contributed by atoms with E-state index < -0.39 is 6.10 Å². The molecule has 0 spiro atoms. The zero-order valence-electron chi connectivity index (χ0n) is 13.7. The lowest BCUT2D eigenvalue weighted by molar-refractivity contribution is 0.129. The molecule has 1 fully saturated rings. The number of furan rings is 1. The molecule has 1 aliphatic rings. The molecule has 128 valence electrons. The van der Waals surface area contributed by atoms with Crippen LogP contribution in [0.2, 0.25) is 0 Å². The van der Waals surface area contributed by atoms with Crippen LogP contribution in [0.3, 0.4) is 0 Å². The SMILES string of the molecule is C=CCN1CCC(NC(=O)N[C@@H](C)C[C@H](O)c2ccco2)CC1. The van der Waals surface area contributed by atoms with E-state index in [0.29, 0.717) is 12.2 Å². The minimum Gasteiger partial charge on any atom is -0.467 e. The molecule has 0 aromatic carbocycles. The maximum absolute atomic E-state index is 12.0. The van der Waals surface area contributed by atoms with Gasteiger partial charge in [-0.2, -0.15) is 0 Å². The number of rotatable bonds is 7. The lowest BCUT2D eigenvalue weighted by Gasteiger charge is -2.31. The molecule has 2 amide bonds. The Labute approximate surface area is 137 Å². The highest BCUT2D eigenvalue weighted by molar-refractivity contribution is 5.74. The number of hydrogen-bond donors (Lipinski definition) is 3. The molecule has 1 aromatic heterocycles. The summed E-state index contributed by atoms with van der Waals surface area (Å²) in [6.45, 7) is 8.48. The Kier molecular flexibility index (Phi) is 6.67. The monoisotopic (exact) mass is 321 g/mol. The molecule has 0 unspecified atom stereocenters. The van der Waals surface area contributed by atoms with Crippen LogP contribution in [0.25, 0.3) is 0 Å². The summed E-state index contributed by atoms with van der Waals surface area (Å²) < 4.78 is 5.16. The average Bonchev–Trinajstić information content (AvgIpc) is 3.03. The maximum Gasteiger partial charge on any atom is 0.315 e. The standard InChI is InChI=1S/C17H27N3O3/c1-3-8-20-9-6-14(7-10-20)19-17(22)18-13(2)12-15(21)16-5-4-11-23-16/h3-5,11,13-15,21H,1,6-10,12H2,2H3,(H2,18,19,22)/t13-,15-/m0/s1. The molecular formula is C17H27N3O3. The summed E-state index contributed by atoms with van der Waals surface area (Å²) in [7, 11) is 0. The number of piperidine rings is 1. The van der Waals surface area contributed by atoms with Gasteiger partial charge < -0.3 is 20.2 Å². The number of urea groups is 1. The topological polar surface area (TPSA) is 77.7 Å². The Morgan fingerprint density at radius 1 is 1.57 bits per heavy atom. The fraction of sp³-hybridized carbons (Fsp3) is 0.588. The van der Waals surface area contributed by atoms with Crippen molar-refractivity contribution in [2.24, 2.45) is 0 Å². The van der Waals surface area contributed by atoms with Crippen molar-refractivity contribution in [3.63, 3.8) is 0 Å². The van der Waals surface area contributed by atoms with E-state index in [1.807, 2.05) is 13.0 Å². The molecule has 23 heavy (non-hydrogen) atoms. The summed E-state index contributed by atoms with van der Waals surface area (Å²) >= 11 is 0. The van der Waals surface area contributed by atoms with Crippen LogP contribution in [0.5, 0.6) is 0 Å². The highest BCUT2D eigenvalue weighted by Crippen LogP contribution is 2.18. The van der Waals surface area contributed by atoms with Crippen LogP contribution < -0.4 is 10.6 Å². The van der Waals surface area contributed by atoms with Gasteiger partial charge in [-0.05, 0) is 31.9 Å². The Morgan fingerprint density at radius 2 is 2.30 bits per heavy atom. The van der Waals surface area contributed by atoms with Gasteiger partial charge in [0.25, 0.3) is 0 Å². The number of amides is 2. The Balaban J connectivity index is 1.67. The number of carbonyl (C=O) groups is 1. The quantitative estimate of drug-likeness (QED) is 0.672. The molecule has 6 heteroatoms. The smallest absolute Gasteiger partial charge is 0.315 e. The van der Waals surface area contributed by atoms with Crippen molar-refractivity contribution in [2.75, 3.05) is 19.6 Å². The molecular weight excluding hydrogens is 294 g/mol. The first-order valence-corrected chi connectivity index (χ1v) is 8.20. The van der Waals surface area contributed by atoms with Crippen LogP contribution in [0.1, 0.15) is 38.1 Å². The van der Waals surface area contributed by atoms with Crippen molar-refractivity contribution in [2.45, 2.75) is 44.4 Å². The molecule has 0 radical (unpaired) electrons. The van der Waals surface area contributed by atoms with Crippen molar-refractivity contribution in [3.05, 3.63) is 36.8 Å². The van der Waals surface area contributed by atoms with Crippen LogP contribution >= 0.6 is 0 Å². The zero-order chi connectivity index (χ0) is 16.7. The molecule has 2 heterocycles. The van der Waals surface area contributed by atoms with Crippen LogP contribution in [-0.4, -0.2) is 47.8 Å². The van der Waals surface area contributed by atoms with Gasteiger partial charge in [0.2, 0.25) is 0 Å². The third kappa shape index (κ3) is 5.73. The van der Waals surface area contributed by atoms with E-state index in [-0.39, 0.29) is 18.1 Å². The average molecular weight is 321 g/mol. The van der Waals surface area contributed by atoms with Crippen LogP contribution in [0.4, 0.5) is 4.79 Å². The van der Waals surface area contributed by atoms with Crippen molar-refractivity contribution in [1.82, 2.24) is 15.5 Å². The van der Waals surface area contributed by atoms with Crippen LogP contribution in [-0.2, 0) is 0 Å². The van der Waals surface area contributed by atoms with Crippen LogP contribution in [0.15, 0.2) is 35.5 Å². The predicted octanol–water partition coefficient (Wildman–Crippen LogP) is 2.04. The zero-order valence-corrected chi connectivity index (χ0v) is 13.7. The Bertz CT molecular complexity index is 481. The lowest BCUT2D eigenvalue weighted by atomic mass is 10.1. The summed E-state index contributed by atoms with van der Waals surface area (Å²) in [5.74, 6) is 0.522. The third-order valence-electron chi connectivity index (χ3n) is 4.14. The van der Waals surface area contributed by atoms with Gasteiger partial charge >= 0.3 is 6.03 Å². The Morgan fingerprint density at radius 3 is 2.91 bits per heavy atom. The molecule has 2 rings (SSSR count). The molecule has 1 saturated heterocycles. The normalized spacial score (nSPS) is 19.0. The number of carbonyl (C=O) groups excluding carboxylic acids is 1. The second-order valence-corrected chi connectivity index (χ2v) is 6.15. The fourth-order valence-electron chi connectivity index (χ4n) is 2.88. The maximum atomic E-state index is 12.0. The van der Waals surface area contributed by atoms with Crippen molar-refractivity contribution < 1.29 is 14.3 Å². The first-order chi connectivity index (χ1) is 11.1. The summed E-state index contributed by atoms with van der Waals surface area (Å²) in [5.41, 5.74) is 0. The molecule has 0 aliphatic carbocycles. The van der Waals surface area contributed by atoms with Crippen LogP contribution in [0, 0.1) is 0 Å². The minimum atomic E-state index is -0.706. The number of aliphatic hydroxyl groups is 1. The van der Waals surface area contributed by atoms with E-state index in [9.17, 15) is 9.90 Å². The number of likely N-dealkylation sites (tertiary alicyclic amines) is 1. The van der Waals surface area contributed by atoms with Gasteiger partial charge in [-0.15, -0.1) is 6.58 Å². The first kappa shape index (κ1) is 17.6. The summed E-state index contributed by atoms with van der Waals surface area (Å²) in [4.78, 5) is 14.4. The van der Waals surface area contributed by atoms with E-state index in [2.05, 4.69) is 22.1 Å². The van der Waals surface area contributed by atoms with E-state index in [1.165, 1.54) is 6.26 Å². The highest BCUT2D eigenvalue weighted by Gasteiger charge is 2.21. The number of nitrogens with zero attached hydrogens (tertiary/aromatic N) is 1. The van der Waals surface area contributed by atoms with Gasteiger partial charge in [0.05, 0.1) is 6.26 Å². The van der Waals surface area contributed by atoms with E-state index >= 15 is 0 Å². The molecule has 6 nitrogen and oxygen atoms in total. The molecule has 0 bridgehead atoms. The fourth-order valence-corrected chi connectivity index (χ4v) is 2.88. The van der Waals surface area contributed by atoms with E-state index in [4.69, 9.17) is 4.42 Å². The molecule has 3 N–H and O–H groups in total. The first-order valence-electron chi connectivity index (χ1n) is 8.20. The van der Waals surface area contributed by atoms with Gasteiger partial charge in [-0.1, -0.05) is 6.08 Å². The predicted molar refractivity (Wildman–Crippen MR) is 89.1 cm³/mol. The summed E-state index contributed by atoms with van der Waals surface area (Å²) in [6.07, 6.45) is 5.05. The van der Waals surface area contributed by atoms with Gasteiger partial charge in [-0.25, -0.2) is 4.79 Å². The van der Waals surface area contributed by atoms with Gasteiger partial charge in [-0.3, -0.25) is 4.90 Å². The number of hydrogen-bond acceptors (Lipinski definition) is 4. The molecule has 1 aliphatic heterocycles. The molecule has 0 saturated carbocycles. The number of nitrogens with one attached hydrogen (secondary N) is 2. The van der Waals surface area contributed by atoms with Crippen molar-refractivity contribution in [1.29, 1.82) is 0 Å². The van der Waals surface area contributed by atoms with Gasteiger partial charge in [0.1, 0.15) is 11.9 Å². The van der Waals surface area contributed by atoms with E-state index in [0.717, 1.165) is 32.5 Å². The summed E-state index contributed by atoms with van der Waals surface area (Å²) in [6, 6.07) is 3.36. The molecule has 2 atom stereocenters. The second kappa shape index (κ2) is 8.74. The Hall–Kier alpha value is -1.79. The highest BCUT2D eigenvalue weighted by atomic mass is 16.4. The van der Waals surface area contributed by atoms with Gasteiger partial charge in [0.15, 0.2) is 0 Å². The largest absolute Gasteiger partial charge is 0.467 e. The van der Waals surface area contributed by atoms with Gasteiger partial charge in [0, 0.05) is 38.1 Å². The number of aliphatic hydroxyl groups excluding tert-OH is 1. The summed E-state index contributed by atoms with van der Waals surface area (Å²) in [5, 5.41) is 15.9. The second-order valence-electron chi connectivity index (χ2n) is 6.15. The lowest BCUT2D eigenvalue weighted by Crippen LogP contribution is -2.49. The minimum absolute atomic E-state index is 0.143. The third-order valence-corrected chi connectivity index (χ3v) is 4.14. The van der Waals surface area contributed by atoms with E-state index in [1.54, 1.807) is 12.1 Å². The van der Waals surface area contributed by atoms with Crippen molar-refractivity contribution in [3.8, 4) is 0 Å².